The van der Waals surface area contributed by atoms with Crippen LogP contribution in [0.2, 0.25) is 0 Å². The van der Waals surface area contributed by atoms with Crippen molar-refractivity contribution in [3.8, 4) is 0 Å². The third kappa shape index (κ3) is 4.77. The molecule has 0 aromatic heterocycles. The van der Waals surface area contributed by atoms with Gasteiger partial charge in [0, 0.05) is 6.08 Å². The van der Waals surface area contributed by atoms with Crippen molar-refractivity contribution in [1.82, 2.24) is 0 Å². The lowest BCUT2D eigenvalue weighted by atomic mass is 10.0. The predicted molar refractivity (Wildman–Crippen MR) is 59.8 cm³/mol. The molecule has 0 amide bonds. The first kappa shape index (κ1) is 13.2. The second-order valence-corrected chi connectivity index (χ2v) is 4.30. The summed E-state index contributed by atoms with van der Waals surface area (Å²) in [5, 5.41) is 19.0. The molecule has 1 rings (SSSR count). The summed E-state index contributed by atoms with van der Waals surface area (Å²) in [6.07, 6.45) is 4.87. The third-order valence-corrected chi connectivity index (χ3v) is 2.75. The largest absolute Gasteiger partial charge is 0.460 e. The van der Waals surface area contributed by atoms with Crippen LogP contribution < -0.4 is 0 Å². The average Bonchev–Trinajstić information content (AvgIpc) is 2.23. The summed E-state index contributed by atoms with van der Waals surface area (Å²) < 4.78 is 5.09. The van der Waals surface area contributed by atoms with E-state index < -0.39 is 18.2 Å². The van der Waals surface area contributed by atoms with Gasteiger partial charge in [0.05, 0.1) is 18.3 Å². The molecule has 1 aliphatic rings. The molecular weight excluding hydrogens is 208 g/mol. The zero-order valence-electron chi connectivity index (χ0n) is 9.63. The van der Waals surface area contributed by atoms with E-state index in [1.54, 1.807) is 0 Å². The Morgan fingerprint density at radius 1 is 1.25 bits per heavy atom. The van der Waals surface area contributed by atoms with Crippen LogP contribution in [-0.4, -0.2) is 34.5 Å². The highest BCUT2D eigenvalue weighted by Crippen LogP contribution is 2.13. The lowest BCUT2D eigenvalue weighted by Gasteiger charge is -2.16. The van der Waals surface area contributed by atoms with Gasteiger partial charge in [0.25, 0.3) is 0 Å². The van der Waals surface area contributed by atoms with Gasteiger partial charge < -0.3 is 14.9 Å². The van der Waals surface area contributed by atoms with E-state index in [-0.39, 0.29) is 6.10 Å². The topological polar surface area (TPSA) is 66.8 Å². The second-order valence-electron chi connectivity index (χ2n) is 4.30. The van der Waals surface area contributed by atoms with Crippen LogP contribution in [0.25, 0.3) is 0 Å². The molecule has 0 aromatic rings. The Kier molecular flexibility index (Phi) is 5.49. The fourth-order valence-corrected chi connectivity index (χ4v) is 1.73. The van der Waals surface area contributed by atoms with Crippen molar-refractivity contribution in [2.24, 2.45) is 0 Å². The first-order valence-electron chi connectivity index (χ1n) is 5.84. The van der Waals surface area contributed by atoms with Crippen molar-refractivity contribution in [1.29, 1.82) is 0 Å². The molecule has 92 valence electrons. The molecule has 0 saturated carbocycles. The zero-order chi connectivity index (χ0) is 12.0. The maximum atomic E-state index is 11.3. The molecule has 0 aliphatic carbocycles. The van der Waals surface area contributed by atoms with Gasteiger partial charge in [-0.2, -0.15) is 0 Å². The van der Waals surface area contributed by atoms with Crippen molar-refractivity contribution < 1.29 is 19.7 Å². The van der Waals surface area contributed by atoms with Crippen molar-refractivity contribution in [2.75, 3.05) is 0 Å². The van der Waals surface area contributed by atoms with Gasteiger partial charge in [-0.1, -0.05) is 12.8 Å². The van der Waals surface area contributed by atoms with E-state index in [9.17, 15) is 15.0 Å². The van der Waals surface area contributed by atoms with Crippen LogP contribution >= 0.6 is 0 Å². The fourth-order valence-electron chi connectivity index (χ4n) is 1.73. The molecule has 1 aliphatic heterocycles. The van der Waals surface area contributed by atoms with Gasteiger partial charge in [-0.05, 0) is 32.3 Å². The van der Waals surface area contributed by atoms with Crippen LogP contribution in [0.15, 0.2) is 12.2 Å². The van der Waals surface area contributed by atoms with Gasteiger partial charge in [-0.25, -0.2) is 4.79 Å². The Balaban J connectivity index is 2.58. The minimum Gasteiger partial charge on any atom is -0.460 e. The molecule has 2 N–H and O–H groups in total. The highest BCUT2D eigenvalue weighted by atomic mass is 16.5. The molecule has 4 nitrogen and oxygen atoms in total. The van der Waals surface area contributed by atoms with Crippen LogP contribution in [0.5, 0.6) is 0 Å². The fraction of sp³-hybridized carbons (Fsp3) is 0.750. The number of rotatable bonds is 0. The maximum absolute atomic E-state index is 11.3. The Labute approximate surface area is 95.9 Å². The minimum absolute atomic E-state index is 0.0846. The van der Waals surface area contributed by atoms with Gasteiger partial charge in [0.1, 0.15) is 0 Å². The van der Waals surface area contributed by atoms with E-state index in [4.69, 9.17) is 4.74 Å². The smallest absolute Gasteiger partial charge is 0.330 e. The first-order valence-corrected chi connectivity index (χ1v) is 5.84. The van der Waals surface area contributed by atoms with Crippen molar-refractivity contribution in [3.05, 3.63) is 12.2 Å². The van der Waals surface area contributed by atoms with Gasteiger partial charge >= 0.3 is 5.97 Å². The van der Waals surface area contributed by atoms with E-state index >= 15 is 0 Å². The van der Waals surface area contributed by atoms with E-state index in [0.717, 1.165) is 25.7 Å². The number of hydrogen-bond acceptors (Lipinski definition) is 4. The number of cyclic esters (lactones) is 1. The molecule has 0 saturated heterocycles. The zero-order valence-corrected chi connectivity index (χ0v) is 9.63. The number of aliphatic hydroxyl groups excluding tert-OH is 2. The first-order chi connectivity index (χ1) is 7.59. The number of carbonyl (C=O) groups is 1. The summed E-state index contributed by atoms with van der Waals surface area (Å²) in [6.45, 7) is 1.86. The van der Waals surface area contributed by atoms with E-state index in [0.29, 0.717) is 6.42 Å². The molecule has 0 bridgehead atoms. The number of hydrogen-bond donors (Lipinski definition) is 2. The highest BCUT2D eigenvalue weighted by Gasteiger charge is 2.15. The second kappa shape index (κ2) is 6.66. The summed E-state index contributed by atoms with van der Waals surface area (Å²) in [4.78, 5) is 11.3. The molecule has 4 heteroatoms. The molecule has 0 aromatic carbocycles. The Morgan fingerprint density at radius 2 is 1.94 bits per heavy atom. The van der Waals surface area contributed by atoms with Crippen LogP contribution in [-0.2, 0) is 9.53 Å². The summed E-state index contributed by atoms with van der Waals surface area (Å²) in [5.41, 5.74) is 0. The molecule has 3 atom stereocenters. The van der Waals surface area contributed by atoms with Crippen LogP contribution in [0, 0.1) is 0 Å². The monoisotopic (exact) mass is 228 g/mol. The number of carbonyl (C=O) groups excluding carboxylic acids is 1. The summed E-state index contributed by atoms with van der Waals surface area (Å²) in [7, 11) is 0. The Bertz CT molecular complexity index is 249. The Morgan fingerprint density at radius 3 is 2.69 bits per heavy atom. The summed E-state index contributed by atoms with van der Waals surface area (Å²) in [6, 6.07) is 0. The molecule has 0 fully saturated rings. The van der Waals surface area contributed by atoms with E-state index in [1.807, 2.05) is 6.92 Å². The molecule has 0 radical (unpaired) electrons. The average molecular weight is 228 g/mol. The Hall–Kier alpha value is -0.870. The lowest BCUT2D eigenvalue weighted by Crippen LogP contribution is -2.24. The normalized spacial score (nSPS) is 35.7. The van der Waals surface area contributed by atoms with Crippen molar-refractivity contribution >= 4 is 5.97 Å². The predicted octanol–water partition coefficient (Wildman–Crippen LogP) is 1.16. The minimum atomic E-state index is -0.984. The van der Waals surface area contributed by atoms with Crippen molar-refractivity contribution in [3.63, 3.8) is 0 Å². The standard InChI is InChI=1S/C12H20O4/c1-9-5-3-2-4-6-10(13)11(14)7-8-12(15)16-9/h7-11,13-14H,2-6H2,1H3/b8-7-/t9-,10+,11-/m1/s1. The molecule has 1 heterocycles. The molecule has 16 heavy (non-hydrogen) atoms. The highest BCUT2D eigenvalue weighted by molar-refractivity contribution is 5.82. The number of ether oxygens (including phenoxy) is 1. The quantitative estimate of drug-likeness (QED) is 0.611. The maximum Gasteiger partial charge on any atom is 0.330 e. The van der Waals surface area contributed by atoms with Gasteiger partial charge in [0.2, 0.25) is 0 Å². The third-order valence-electron chi connectivity index (χ3n) is 2.75. The SMILES string of the molecule is C[C@@H]1CCCCC[C@H](O)[C@H](O)/C=C\C(=O)O1. The molecule has 0 unspecified atom stereocenters. The summed E-state index contributed by atoms with van der Waals surface area (Å²) >= 11 is 0. The number of esters is 1. The van der Waals surface area contributed by atoms with Gasteiger partial charge in [0.15, 0.2) is 0 Å². The van der Waals surface area contributed by atoms with Crippen LogP contribution in [0.1, 0.15) is 39.0 Å². The lowest BCUT2D eigenvalue weighted by molar-refractivity contribution is -0.142. The van der Waals surface area contributed by atoms with Gasteiger partial charge in [-0.3, -0.25) is 0 Å². The number of aliphatic hydroxyl groups is 2. The van der Waals surface area contributed by atoms with Crippen LogP contribution in [0.4, 0.5) is 0 Å². The molecule has 0 spiro atoms. The van der Waals surface area contributed by atoms with Gasteiger partial charge in [-0.15, -0.1) is 0 Å². The molecular formula is C12H20O4. The van der Waals surface area contributed by atoms with E-state index in [2.05, 4.69) is 0 Å². The van der Waals surface area contributed by atoms with Crippen LogP contribution in [0.3, 0.4) is 0 Å². The van der Waals surface area contributed by atoms with Crippen molar-refractivity contribution in [2.45, 2.75) is 57.3 Å². The summed E-state index contributed by atoms with van der Waals surface area (Å²) in [5.74, 6) is -0.459. The van der Waals surface area contributed by atoms with E-state index in [1.165, 1.54) is 12.2 Å².